The predicted octanol–water partition coefficient (Wildman–Crippen LogP) is 2.26. The SMILES string of the molecule is COc1ccc(N(C(=O)c2cc(OC)c3ccccc3n2)S(C)(=O)=O)c(OC)n1. The van der Waals surface area contributed by atoms with E-state index in [1.54, 1.807) is 18.2 Å². The van der Waals surface area contributed by atoms with E-state index in [0.717, 1.165) is 6.26 Å². The molecule has 0 aliphatic heterocycles. The highest BCUT2D eigenvalue weighted by Gasteiger charge is 2.31. The summed E-state index contributed by atoms with van der Waals surface area (Å²) in [7, 11) is 0.133. The summed E-state index contributed by atoms with van der Waals surface area (Å²) in [6, 6.07) is 11.3. The van der Waals surface area contributed by atoms with Gasteiger partial charge in [-0.05, 0) is 18.2 Å². The number of fused-ring (bicyclic) bond motifs is 1. The number of aromatic nitrogens is 2. The molecule has 0 saturated carbocycles. The van der Waals surface area contributed by atoms with Crippen molar-refractivity contribution in [2.75, 3.05) is 31.9 Å². The summed E-state index contributed by atoms with van der Waals surface area (Å²) >= 11 is 0. The molecule has 0 fully saturated rings. The first-order chi connectivity index (χ1) is 13.8. The Morgan fingerprint density at radius 3 is 2.31 bits per heavy atom. The topological polar surface area (TPSA) is 108 Å². The van der Waals surface area contributed by atoms with Crippen molar-refractivity contribution in [3.8, 4) is 17.5 Å². The van der Waals surface area contributed by atoms with Gasteiger partial charge in [-0.3, -0.25) is 4.79 Å². The van der Waals surface area contributed by atoms with Crippen molar-refractivity contribution < 1.29 is 27.4 Å². The summed E-state index contributed by atoms with van der Waals surface area (Å²) in [6.07, 6.45) is 0.910. The summed E-state index contributed by atoms with van der Waals surface area (Å²) in [5, 5.41) is 0.696. The van der Waals surface area contributed by atoms with Crippen molar-refractivity contribution in [3.63, 3.8) is 0 Å². The van der Waals surface area contributed by atoms with Crippen LogP contribution >= 0.6 is 0 Å². The summed E-state index contributed by atoms with van der Waals surface area (Å²) < 4.78 is 41.2. The van der Waals surface area contributed by atoms with E-state index >= 15 is 0 Å². The molecule has 0 radical (unpaired) electrons. The van der Waals surface area contributed by atoms with Gasteiger partial charge in [-0.15, -0.1) is 0 Å². The Morgan fingerprint density at radius 2 is 1.69 bits per heavy atom. The van der Waals surface area contributed by atoms with Gasteiger partial charge in [0.25, 0.3) is 5.91 Å². The fraction of sp³-hybridized carbons (Fsp3) is 0.211. The minimum atomic E-state index is -4.05. The van der Waals surface area contributed by atoms with E-state index in [1.807, 2.05) is 6.07 Å². The molecule has 2 heterocycles. The van der Waals surface area contributed by atoms with Crippen LogP contribution in [0.15, 0.2) is 42.5 Å². The monoisotopic (exact) mass is 417 g/mol. The first-order valence-corrected chi connectivity index (χ1v) is 10.2. The molecule has 3 aromatic rings. The van der Waals surface area contributed by atoms with Crippen molar-refractivity contribution in [3.05, 3.63) is 48.2 Å². The second kappa shape index (κ2) is 7.92. The van der Waals surface area contributed by atoms with Gasteiger partial charge in [0.15, 0.2) is 0 Å². The number of benzene rings is 1. The van der Waals surface area contributed by atoms with Crippen LogP contribution in [0, 0.1) is 0 Å². The molecule has 29 heavy (non-hydrogen) atoms. The van der Waals surface area contributed by atoms with Gasteiger partial charge in [-0.2, -0.15) is 9.29 Å². The fourth-order valence-electron chi connectivity index (χ4n) is 2.80. The number of methoxy groups -OCH3 is 3. The molecule has 10 heteroatoms. The molecule has 0 atom stereocenters. The Labute approximate surface area is 167 Å². The number of sulfonamides is 1. The lowest BCUT2D eigenvalue weighted by molar-refractivity contribution is 0.1000. The van der Waals surface area contributed by atoms with Crippen molar-refractivity contribution in [1.29, 1.82) is 0 Å². The molecular formula is C19H19N3O6S. The van der Waals surface area contributed by atoms with Crippen molar-refractivity contribution >= 4 is 32.5 Å². The zero-order valence-corrected chi connectivity index (χ0v) is 17.1. The first-order valence-electron chi connectivity index (χ1n) is 8.37. The minimum Gasteiger partial charge on any atom is -0.496 e. The summed E-state index contributed by atoms with van der Waals surface area (Å²) in [6.45, 7) is 0. The smallest absolute Gasteiger partial charge is 0.290 e. The zero-order valence-electron chi connectivity index (χ0n) is 16.2. The molecule has 0 spiro atoms. The van der Waals surface area contributed by atoms with Gasteiger partial charge in [-0.1, -0.05) is 12.1 Å². The molecule has 0 aliphatic rings. The zero-order chi connectivity index (χ0) is 21.2. The molecule has 0 bridgehead atoms. The predicted molar refractivity (Wildman–Crippen MR) is 107 cm³/mol. The molecule has 0 aliphatic carbocycles. The van der Waals surface area contributed by atoms with Gasteiger partial charge in [-0.25, -0.2) is 13.4 Å². The van der Waals surface area contributed by atoms with Gasteiger partial charge in [0.05, 0.1) is 33.1 Å². The van der Waals surface area contributed by atoms with Crippen LogP contribution in [0.1, 0.15) is 10.5 Å². The van der Waals surface area contributed by atoms with E-state index in [1.165, 1.54) is 39.5 Å². The number of anilines is 1. The number of hydrogen-bond donors (Lipinski definition) is 0. The Kier molecular flexibility index (Phi) is 5.55. The molecule has 1 amide bonds. The number of hydrogen-bond acceptors (Lipinski definition) is 8. The van der Waals surface area contributed by atoms with Crippen LogP contribution in [0.25, 0.3) is 10.9 Å². The molecular weight excluding hydrogens is 398 g/mol. The van der Waals surface area contributed by atoms with E-state index in [4.69, 9.17) is 14.2 Å². The lowest BCUT2D eigenvalue weighted by Crippen LogP contribution is -2.37. The molecule has 2 aromatic heterocycles. The Balaban J connectivity index is 2.19. The molecule has 0 N–H and O–H groups in total. The quantitative estimate of drug-likeness (QED) is 0.601. The van der Waals surface area contributed by atoms with Crippen LogP contribution in [0.4, 0.5) is 5.69 Å². The minimum absolute atomic E-state index is 0.0604. The molecule has 152 valence electrons. The number of nitrogens with zero attached hydrogens (tertiary/aromatic N) is 3. The molecule has 9 nitrogen and oxygen atoms in total. The van der Waals surface area contributed by atoms with Crippen LogP contribution in [0.2, 0.25) is 0 Å². The molecule has 0 unspecified atom stereocenters. The number of pyridine rings is 2. The average molecular weight is 417 g/mol. The van der Waals surface area contributed by atoms with Crippen LogP contribution in [-0.2, 0) is 10.0 Å². The number of carbonyl (C=O) groups is 1. The molecule has 1 aromatic carbocycles. The largest absolute Gasteiger partial charge is 0.496 e. The summed E-state index contributed by atoms with van der Waals surface area (Å²) in [5.41, 5.74) is 0.321. The van der Waals surface area contributed by atoms with Gasteiger partial charge in [0.2, 0.25) is 21.8 Å². The normalized spacial score (nSPS) is 11.2. The maximum atomic E-state index is 13.2. The highest BCUT2D eigenvalue weighted by atomic mass is 32.2. The lowest BCUT2D eigenvalue weighted by atomic mass is 10.1. The maximum absolute atomic E-state index is 13.2. The number of para-hydroxylation sites is 1. The van der Waals surface area contributed by atoms with Crippen LogP contribution in [0.5, 0.6) is 17.5 Å². The van der Waals surface area contributed by atoms with Gasteiger partial charge in [0, 0.05) is 17.5 Å². The van der Waals surface area contributed by atoms with E-state index in [-0.39, 0.29) is 23.1 Å². The van der Waals surface area contributed by atoms with Gasteiger partial charge in [0.1, 0.15) is 17.1 Å². The van der Waals surface area contributed by atoms with Crippen LogP contribution < -0.4 is 18.5 Å². The summed E-state index contributed by atoms with van der Waals surface area (Å²) in [5.74, 6) is -0.359. The van der Waals surface area contributed by atoms with E-state index in [2.05, 4.69) is 9.97 Å². The average Bonchev–Trinajstić information content (AvgIpc) is 2.72. The fourth-order valence-corrected chi connectivity index (χ4v) is 3.69. The van der Waals surface area contributed by atoms with Crippen molar-refractivity contribution in [2.45, 2.75) is 0 Å². The van der Waals surface area contributed by atoms with E-state index in [0.29, 0.717) is 21.0 Å². The summed E-state index contributed by atoms with van der Waals surface area (Å²) in [4.78, 5) is 21.6. The Bertz CT molecular complexity index is 1180. The number of ether oxygens (including phenoxy) is 3. The maximum Gasteiger partial charge on any atom is 0.290 e. The van der Waals surface area contributed by atoms with Crippen molar-refractivity contribution in [2.24, 2.45) is 0 Å². The van der Waals surface area contributed by atoms with Gasteiger partial charge >= 0.3 is 0 Å². The Morgan fingerprint density at radius 1 is 0.966 bits per heavy atom. The van der Waals surface area contributed by atoms with Crippen LogP contribution in [0.3, 0.4) is 0 Å². The lowest BCUT2D eigenvalue weighted by Gasteiger charge is -2.22. The third-order valence-corrected chi connectivity index (χ3v) is 5.10. The second-order valence-electron chi connectivity index (χ2n) is 5.94. The van der Waals surface area contributed by atoms with Crippen molar-refractivity contribution in [1.82, 2.24) is 9.97 Å². The Hall–Kier alpha value is -3.40. The highest BCUT2D eigenvalue weighted by molar-refractivity contribution is 7.92. The number of carbonyl (C=O) groups excluding carboxylic acids is 1. The molecule has 0 saturated heterocycles. The third kappa shape index (κ3) is 3.92. The standard InChI is InChI=1S/C19H19N3O6S/c1-26-16-11-14(20-13-8-6-5-7-12(13)16)19(23)22(29(4,24)25)15-9-10-17(27-2)21-18(15)28-3/h5-11H,1-4H3. The number of amides is 1. The van der Waals surface area contributed by atoms with Crippen LogP contribution in [-0.4, -0.2) is 51.9 Å². The van der Waals surface area contributed by atoms with E-state index in [9.17, 15) is 13.2 Å². The highest BCUT2D eigenvalue weighted by Crippen LogP contribution is 2.32. The van der Waals surface area contributed by atoms with Gasteiger partial charge < -0.3 is 14.2 Å². The molecule has 3 rings (SSSR count). The first kappa shape index (κ1) is 20.3. The van der Waals surface area contributed by atoms with E-state index < -0.39 is 15.9 Å². The second-order valence-corrected chi connectivity index (χ2v) is 7.77. The number of rotatable bonds is 6. The third-order valence-electron chi connectivity index (χ3n) is 4.07.